The molecule has 0 fully saturated rings. The highest BCUT2D eigenvalue weighted by molar-refractivity contribution is 7.80. The van der Waals surface area contributed by atoms with E-state index in [1.807, 2.05) is 66.7 Å². The first-order valence-corrected chi connectivity index (χ1v) is 12.6. The number of nitrogens with one attached hydrogen (secondary N) is 2. The molecule has 0 bridgehead atoms. The molecule has 5 nitrogen and oxygen atoms in total. The van der Waals surface area contributed by atoms with Gasteiger partial charge < -0.3 is 10.1 Å². The summed E-state index contributed by atoms with van der Waals surface area (Å²) in [7, 11) is 0. The zero-order valence-corrected chi connectivity index (χ0v) is 21.2. The van der Waals surface area contributed by atoms with Gasteiger partial charge in [0.2, 0.25) is 0 Å². The van der Waals surface area contributed by atoms with Crippen LogP contribution in [-0.4, -0.2) is 16.0 Å². The zero-order chi connectivity index (χ0) is 24.9. The molecule has 5 aromatic rings. The minimum Gasteiger partial charge on any atom is -0.489 e. The Balaban J connectivity index is 1.18. The van der Waals surface area contributed by atoms with E-state index in [0.717, 1.165) is 27.3 Å². The molecule has 0 saturated heterocycles. The Kier molecular flexibility index (Phi) is 7.02. The second kappa shape index (κ2) is 10.7. The molecule has 0 aliphatic rings. The lowest BCUT2D eigenvalue weighted by Crippen LogP contribution is -2.34. The third-order valence-electron chi connectivity index (χ3n) is 5.51. The first kappa shape index (κ1) is 23.7. The van der Waals surface area contributed by atoms with Crippen LogP contribution < -0.4 is 15.4 Å². The van der Waals surface area contributed by atoms with E-state index in [1.165, 1.54) is 10.3 Å². The van der Waals surface area contributed by atoms with Crippen molar-refractivity contribution in [3.05, 3.63) is 114 Å². The highest BCUT2D eigenvalue weighted by Gasteiger charge is 2.11. The summed E-state index contributed by atoms with van der Waals surface area (Å²) in [6.07, 6.45) is 0. The van der Waals surface area contributed by atoms with Gasteiger partial charge in [0.1, 0.15) is 17.4 Å². The molecule has 7 heteroatoms. The minimum atomic E-state index is -0.306. The molecular weight excluding hydrogens is 486 g/mol. The Labute approximate surface area is 218 Å². The third-order valence-corrected chi connectivity index (χ3v) is 6.78. The maximum absolute atomic E-state index is 12.7. The Morgan fingerprint density at radius 2 is 1.75 bits per heavy atom. The predicted octanol–water partition coefficient (Wildman–Crippen LogP) is 6.98. The van der Waals surface area contributed by atoms with E-state index in [0.29, 0.717) is 17.9 Å². The molecule has 36 heavy (non-hydrogen) atoms. The van der Waals surface area contributed by atoms with Crippen molar-refractivity contribution in [2.24, 2.45) is 0 Å². The van der Waals surface area contributed by atoms with Crippen LogP contribution in [0.4, 0.5) is 5.69 Å². The van der Waals surface area contributed by atoms with Gasteiger partial charge in [-0.1, -0.05) is 42.5 Å². The summed E-state index contributed by atoms with van der Waals surface area (Å²) in [4.78, 5) is 17.4. The molecule has 4 aromatic carbocycles. The molecule has 0 aliphatic carbocycles. The van der Waals surface area contributed by atoms with E-state index < -0.39 is 0 Å². The predicted molar refractivity (Wildman–Crippen MR) is 151 cm³/mol. The summed E-state index contributed by atoms with van der Waals surface area (Å²) >= 11 is 7.03. The largest absolute Gasteiger partial charge is 0.489 e. The Morgan fingerprint density at radius 1 is 0.944 bits per heavy atom. The fourth-order valence-corrected chi connectivity index (χ4v) is 4.94. The lowest BCUT2D eigenvalue weighted by molar-refractivity contribution is 0.0977. The average molecular weight is 510 g/mol. The van der Waals surface area contributed by atoms with Crippen LogP contribution in [0.3, 0.4) is 0 Å². The van der Waals surface area contributed by atoms with Crippen LogP contribution in [0.15, 0.2) is 97.1 Å². The van der Waals surface area contributed by atoms with Crippen LogP contribution in [0.1, 0.15) is 21.5 Å². The number of nitrogens with zero attached hydrogens (tertiary/aromatic N) is 1. The van der Waals surface area contributed by atoms with Crippen molar-refractivity contribution in [3.8, 4) is 16.3 Å². The van der Waals surface area contributed by atoms with Gasteiger partial charge in [-0.15, -0.1) is 11.3 Å². The Morgan fingerprint density at radius 3 is 2.56 bits per heavy atom. The molecule has 2 N–H and O–H groups in total. The summed E-state index contributed by atoms with van der Waals surface area (Å²) in [5.41, 5.74) is 5.55. The molecular formula is C29H23N3O2S2. The molecule has 0 saturated carbocycles. The van der Waals surface area contributed by atoms with Gasteiger partial charge in [-0.2, -0.15) is 0 Å². The number of aryl methyl sites for hydroxylation is 1. The smallest absolute Gasteiger partial charge is 0.257 e. The van der Waals surface area contributed by atoms with Gasteiger partial charge in [-0.3, -0.25) is 10.1 Å². The number of ether oxygens (including phenoxy) is 1. The number of amides is 1. The highest BCUT2D eigenvalue weighted by Crippen LogP contribution is 2.31. The number of hydrogen-bond acceptors (Lipinski definition) is 5. The number of anilines is 1. The van der Waals surface area contributed by atoms with Crippen molar-refractivity contribution in [1.82, 2.24) is 10.3 Å². The summed E-state index contributed by atoms with van der Waals surface area (Å²) in [5.74, 6) is 0.310. The second-order valence-corrected chi connectivity index (χ2v) is 9.72. The van der Waals surface area contributed by atoms with Gasteiger partial charge in [0, 0.05) is 16.8 Å². The van der Waals surface area contributed by atoms with Crippen LogP contribution in [0.2, 0.25) is 0 Å². The number of rotatable bonds is 6. The van der Waals surface area contributed by atoms with Gasteiger partial charge in [-0.25, -0.2) is 4.98 Å². The summed E-state index contributed by atoms with van der Waals surface area (Å²) in [5, 5.41) is 6.98. The van der Waals surface area contributed by atoms with E-state index in [1.54, 1.807) is 29.5 Å². The topological polar surface area (TPSA) is 63.2 Å². The maximum Gasteiger partial charge on any atom is 0.257 e. The molecule has 0 atom stereocenters. The first-order valence-electron chi connectivity index (χ1n) is 11.4. The number of fused-ring (bicyclic) bond motifs is 1. The zero-order valence-electron chi connectivity index (χ0n) is 19.5. The number of aromatic nitrogens is 1. The quantitative estimate of drug-likeness (QED) is 0.242. The van der Waals surface area contributed by atoms with Crippen LogP contribution in [-0.2, 0) is 6.61 Å². The van der Waals surface area contributed by atoms with Gasteiger partial charge in [-0.05, 0) is 84.9 Å². The van der Waals surface area contributed by atoms with Crippen molar-refractivity contribution in [2.75, 3.05) is 5.32 Å². The number of thiocarbonyl (C=S) groups is 1. The second-order valence-electron chi connectivity index (χ2n) is 8.28. The molecule has 1 amide bonds. The van der Waals surface area contributed by atoms with Gasteiger partial charge >= 0.3 is 0 Å². The number of thiazole rings is 1. The van der Waals surface area contributed by atoms with Crippen molar-refractivity contribution in [2.45, 2.75) is 13.5 Å². The van der Waals surface area contributed by atoms with E-state index in [2.05, 4.69) is 29.7 Å². The third kappa shape index (κ3) is 5.76. The average Bonchev–Trinajstić information content (AvgIpc) is 3.32. The summed E-state index contributed by atoms with van der Waals surface area (Å²) < 4.78 is 7.00. The van der Waals surface area contributed by atoms with Crippen molar-refractivity contribution in [3.63, 3.8) is 0 Å². The van der Waals surface area contributed by atoms with Gasteiger partial charge in [0.05, 0.1) is 10.2 Å². The van der Waals surface area contributed by atoms with Crippen LogP contribution in [0.25, 0.3) is 20.8 Å². The monoisotopic (exact) mass is 509 g/mol. The number of carbonyl (C=O) groups is 1. The Bertz CT molecular complexity index is 1530. The van der Waals surface area contributed by atoms with E-state index in [-0.39, 0.29) is 11.0 Å². The minimum absolute atomic E-state index is 0.221. The van der Waals surface area contributed by atoms with Gasteiger partial charge in [0.15, 0.2) is 5.11 Å². The van der Waals surface area contributed by atoms with E-state index in [9.17, 15) is 4.79 Å². The van der Waals surface area contributed by atoms with E-state index >= 15 is 0 Å². The molecule has 0 spiro atoms. The first-order chi connectivity index (χ1) is 17.5. The van der Waals surface area contributed by atoms with Gasteiger partial charge in [0.25, 0.3) is 5.91 Å². The van der Waals surface area contributed by atoms with Crippen LogP contribution in [0, 0.1) is 6.92 Å². The Hall–Kier alpha value is -4.07. The van der Waals surface area contributed by atoms with Crippen molar-refractivity contribution in [1.29, 1.82) is 0 Å². The SMILES string of the molecule is Cc1ccc2nc(-c3ccc(NC(=S)NC(=O)c4cccc(OCc5ccccc5)c4)cc3)sc2c1. The molecule has 178 valence electrons. The molecule has 1 heterocycles. The lowest BCUT2D eigenvalue weighted by atomic mass is 10.2. The fraction of sp³-hybridized carbons (Fsp3) is 0.0690. The van der Waals surface area contributed by atoms with E-state index in [4.69, 9.17) is 21.9 Å². The number of benzene rings is 4. The standard InChI is InChI=1S/C29H23N3O2S2/c1-19-10-15-25-26(16-19)36-28(31-25)21-11-13-23(14-12-21)30-29(35)32-27(33)22-8-5-9-24(17-22)34-18-20-6-3-2-4-7-20/h2-17H,18H2,1H3,(H2,30,32,33,35). The molecule has 5 rings (SSSR count). The summed E-state index contributed by atoms with van der Waals surface area (Å²) in [6.45, 7) is 2.51. The molecule has 0 unspecified atom stereocenters. The van der Waals surface area contributed by atoms with Crippen molar-refractivity contribution >= 4 is 50.5 Å². The van der Waals surface area contributed by atoms with Crippen LogP contribution in [0.5, 0.6) is 5.75 Å². The highest BCUT2D eigenvalue weighted by atomic mass is 32.1. The number of carbonyl (C=O) groups excluding carboxylic acids is 1. The fourth-order valence-electron chi connectivity index (χ4n) is 3.66. The lowest BCUT2D eigenvalue weighted by Gasteiger charge is -2.11. The maximum atomic E-state index is 12.7. The summed E-state index contributed by atoms with van der Waals surface area (Å²) in [6, 6.07) is 31.0. The normalized spacial score (nSPS) is 10.7. The molecule has 0 aliphatic heterocycles. The molecule has 0 radical (unpaired) electrons. The number of hydrogen-bond donors (Lipinski definition) is 2. The molecule has 1 aromatic heterocycles. The van der Waals surface area contributed by atoms with Crippen molar-refractivity contribution < 1.29 is 9.53 Å². The van der Waals surface area contributed by atoms with Crippen LogP contribution >= 0.6 is 23.6 Å².